The Balaban J connectivity index is 0.00000169. The average molecular weight is 217 g/mol. The van der Waals surface area contributed by atoms with Crippen LogP contribution in [0.2, 0.25) is 0 Å². The first-order valence-corrected chi connectivity index (χ1v) is 5.29. The topological polar surface area (TPSA) is 91.4 Å². The molecule has 0 spiro atoms. The Morgan fingerprint density at radius 1 is 1.50 bits per heavy atom. The second kappa shape index (κ2) is 5.02. The number of allylic oxidation sites excluding steroid dienone is 1. The van der Waals surface area contributed by atoms with Gasteiger partial charge in [0.15, 0.2) is 11.9 Å². The van der Waals surface area contributed by atoms with E-state index in [4.69, 9.17) is 9.79 Å². The van der Waals surface area contributed by atoms with Crippen LogP contribution in [0.4, 0.5) is 0 Å². The third-order valence-corrected chi connectivity index (χ3v) is 2.51. The molecule has 0 aliphatic heterocycles. The zero-order valence-electron chi connectivity index (χ0n) is 7.45. The zero-order valence-corrected chi connectivity index (χ0v) is 8.34. The zero-order chi connectivity index (χ0) is 9.90. The minimum absolute atomic E-state index is 0. The van der Waals surface area contributed by atoms with Crippen molar-refractivity contribution in [2.75, 3.05) is 0 Å². The van der Waals surface area contributed by atoms with E-state index in [-0.39, 0.29) is 5.48 Å². The number of rotatable bonds is 3. The molecule has 0 aliphatic rings. The van der Waals surface area contributed by atoms with Crippen LogP contribution in [0, 0.1) is 0 Å². The van der Waals surface area contributed by atoms with E-state index in [2.05, 4.69) is 6.58 Å². The summed E-state index contributed by atoms with van der Waals surface area (Å²) in [6.45, 7) is 3.51. The van der Waals surface area contributed by atoms with Crippen LogP contribution in [-0.4, -0.2) is 15.3 Å². The molecule has 0 bridgehead atoms. The van der Waals surface area contributed by atoms with Gasteiger partial charge < -0.3 is 5.48 Å². The largest absolute Gasteiger partial charge is 0.870 e. The van der Waals surface area contributed by atoms with Gasteiger partial charge in [-0.15, -0.1) is 10.9 Å². The monoisotopic (exact) mass is 217 g/mol. The standard InChI is InChI=1S/C8H10NO3P.H2O/c1-2-5-8-6-3-4-7-9(8)13(10,11)12;/h2-4,6-7H,1,5H2,(H-,10,11,12);1H2. The molecule has 1 rings (SSSR count). The van der Waals surface area contributed by atoms with Crippen LogP contribution in [0.25, 0.3) is 0 Å². The Bertz CT molecular complexity index is 360. The van der Waals surface area contributed by atoms with Gasteiger partial charge in [-0.3, -0.25) is 9.79 Å². The highest BCUT2D eigenvalue weighted by Gasteiger charge is 2.29. The summed E-state index contributed by atoms with van der Waals surface area (Å²) in [5.74, 6) is 0. The Hall–Kier alpha value is -1.00. The van der Waals surface area contributed by atoms with Crippen molar-refractivity contribution in [3.05, 3.63) is 42.7 Å². The lowest BCUT2D eigenvalue weighted by atomic mass is 10.3. The lowest BCUT2D eigenvalue weighted by molar-refractivity contribution is -0.547. The van der Waals surface area contributed by atoms with Gasteiger partial charge >= 0.3 is 7.75 Å². The fourth-order valence-electron chi connectivity index (χ4n) is 1.03. The fourth-order valence-corrected chi connectivity index (χ4v) is 1.77. The van der Waals surface area contributed by atoms with Gasteiger partial charge in [-0.2, -0.15) is 4.57 Å². The molecule has 14 heavy (non-hydrogen) atoms. The summed E-state index contributed by atoms with van der Waals surface area (Å²) < 4.78 is 11.9. The van der Waals surface area contributed by atoms with Crippen LogP contribution in [-0.2, 0) is 11.0 Å². The summed E-state index contributed by atoms with van der Waals surface area (Å²) in [5, 5.41) is 0. The van der Waals surface area contributed by atoms with Crippen molar-refractivity contribution in [3.63, 3.8) is 0 Å². The first kappa shape index (κ1) is 13.0. The van der Waals surface area contributed by atoms with E-state index < -0.39 is 7.75 Å². The van der Waals surface area contributed by atoms with E-state index in [1.54, 1.807) is 24.3 Å². The molecule has 1 aromatic heterocycles. The van der Waals surface area contributed by atoms with Gasteiger partial charge in [-0.05, 0) is 0 Å². The van der Waals surface area contributed by atoms with E-state index in [1.807, 2.05) is 0 Å². The Kier molecular flexibility index (Phi) is 4.67. The highest BCUT2D eigenvalue weighted by atomic mass is 31.2. The van der Waals surface area contributed by atoms with Crippen LogP contribution in [0.1, 0.15) is 5.69 Å². The molecule has 3 N–H and O–H groups in total. The molecule has 1 aromatic rings. The summed E-state index contributed by atoms with van der Waals surface area (Å²) >= 11 is 0. The van der Waals surface area contributed by atoms with Crippen LogP contribution in [0.15, 0.2) is 37.1 Å². The molecule has 0 aliphatic carbocycles. The molecule has 0 unspecified atom stereocenters. The molecule has 0 radical (unpaired) electrons. The number of pyridine rings is 1. The number of hydrogen-bond acceptors (Lipinski definition) is 2. The lowest BCUT2D eigenvalue weighted by Crippen LogP contribution is -2.34. The van der Waals surface area contributed by atoms with Crippen LogP contribution < -0.4 is 4.34 Å². The summed E-state index contributed by atoms with van der Waals surface area (Å²) in [6, 6.07) is 4.96. The van der Waals surface area contributed by atoms with Gasteiger partial charge in [0.25, 0.3) is 0 Å². The maximum absolute atomic E-state index is 11.0. The highest BCUT2D eigenvalue weighted by molar-refractivity contribution is 7.44. The van der Waals surface area contributed by atoms with Crippen LogP contribution in [0.5, 0.6) is 0 Å². The SMILES string of the molecule is C=CCc1cccc[n+]1P(=O)(O)O.[OH-]. The molecule has 0 saturated carbocycles. The lowest BCUT2D eigenvalue weighted by Gasteiger charge is -2.00. The summed E-state index contributed by atoms with van der Waals surface area (Å²) in [7, 11) is -4.22. The van der Waals surface area contributed by atoms with Crippen LogP contribution in [0.3, 0.4) is 0 Å². The van der Waals surface area contributed by atoms with Crippen molar-refractivity contribution < 1.29 is 24.2 Å². The second-order valence-electron chi connectivity index (χ2n) is 2.54. The van der Waals surface area contributed by atoms with Crippen molar-refractivity contribution in [1.82, 2.24) is 0 Å². The summed E-state index contributed by atoms with van der Waals surface area (Å²) in [5.41, 5.74) is 0.547. The molecule has 0 aromatic carbocycles. The van der Waals surface area contributed by atoms with E-state index in [0.717, 1.165) is 4.34 Å². The van der Waals surface area contributed by atoms with Crippen molar-refractivity contribution >= 4 is 7.75 Å². The van der Waals surface area contributed by atoms with Crippen LogP contribution >= 0.6 is 7.75 Å². The van der Waals surface area contributed by atoms with E-state index in [9.17, 15) is 4.57 Å². The van der Waals surface area contributed by atoms with Crippen molar-refractivity contribution in [3.8, 4) is 0 Å². The first-order valence-electron chi connectivity index (χ1n) is 3.72. The minimum Gasteiger partial charge on any atom is -0.870 e. The molecule has 0 atom stereocenters. The molecule has 5 nitrogen and oxygen atoms in total. The summed E-state index contributed by atoms with van der Waals surface area (Å²) in [6.07, 6.45) is 3.40. The van der Waals surface area contributed by atoms with E-state index in [1.165, 1.54) is 6.20 Å². The molecule has 6 heteroatoms. The average Bonchev–Trinajstić information content (AvgIpc) is 2.04. The maximum atomic E-state index is 11.0. The van der Waals surface area contributed by atoms with E-state index in [0.29, 0.717) is 12.1 Å². The van der Waals surface area contributed by atoms with Gasteiger partial charge in [0.1, 0.15) is 0 Å². The van der Waals surface area contributed by atoms with Crippen molar-refractivity contribution in [1.29, 1.82) is 0 Å². The predicted octanol–water partition coefficient (Wildman–Crippen LogP) is 0.467. The van der Waals surface area contributed by atoms with Crippen molar-refractivity contribution in [2.45, 2.75) is 6.42 Å². The maximum Gasteiger partial charge on any atom is 0.607 e. The summed E-state index contributed by atoms with van der Waals surface area (Å²) in [4.78, 5) is 17.9. The van der Waals surface area contributed by atoms with Gasteiger partial charge in [0.05, 0.1) is 6.42 Å². The second-order valence-corrected chi connectivity index (χ2v) is 4.00. The number of nitrogens with zero attached hydrogens (tertiary/aromatic N) is 1. The predicted molar refractivity (Wildman–Crippen MR) is 49.9 cm³/mol. The smallest absolute Gasteiger partial charge is 0.607 e. The van der Waals surface area contributed by atoms with E-state index >= 15 is 0 Å². The number of aromatic nitrogens is 1. The quantitative estimate of drug-likeness (QED) is 0.568. The number of hydrogen-bond donors (Lipinski definition) is 2. The normalized spacial score (nSPS) is 10.4. The Morgan fingerprint density at radius 2 is 2.14 bits per heavy atom. The van der Waals surface area contributed by atoms with Gasteiger partial charge in [-0.25, -0.2) is 0 Å². The third kappa shape index (κ3) is 3.05. The van der Waals surface area contributed by atoms with Gasteiger partial charge in [-0.1, -0.05) is 12.1 Å². The van der Waals surface area contributed by atoms with Gasteiger partial charge in [0, 0.05) is 12.1 Å². The molecular weight excluding hydrogens is 205 g/mol. The first-order chi connectivity index (χ1) is 6.05. The molecule has 78 valence electrons. The third-order valence-electron chi connectivity index (χ3n) is 1.56. The molecular formula is C8H12NO4P. The minimum atomic E-state index is -4.22. The molecule has 0 fully saturated rings. The Morgan fingerprint density at radius 3 is 2.64 bits per heavy atom. The van der Waals surface area contributed by atoms with Crippen molar-refractivity contribution in [2.24, 2.45) is 0 Å². The molecule has 0 saturated heterocycles. The highest BCUT2D eigenvalue weighted by Crippen LogP contribution is 2.27. The Labute approximate surface area is 81.9 Å². The fraction of sp³-hybridized carbons (Fsp3) is 0.125. The van der Waals surface area contributed by atoms with Gasteiger partial charge in [0.2, 0.25) is 0 Å². The molecule has 1 heterocycles. The molecule has 0 amide bonds.